The van der Waals surface area contributed by atoms with Crippen LogP contribution in [0.25, 0.3) is 11.1 Å². The minimum Gasteiger partial charge on any atom is -0.347 e. The number of rotatable bonds is 5. The van der Waals surface area contributed by atoms with Crippen LogP contribution < -0.4 is 11.1 Å². The van der Waals surface area contributed by atoms with Crippen LogP contribution in [0.15, 0.2) is 61.1 Å². The second-order valence-corrected chi connectivity index (χ2v) is 7.82. The maximum Gasteiger partial charge on any atom is 0.251 e. The summed E-state index contributed by atoms with van der Waals surface area (Å²) in [4.78, 5) is 19.4. The second kappa shape index (κ2) is 8.19. The first-order valence-corrected chi connectivity index (χ1v) is 9.90. The quantitative estimate of drug-likeness (QED) is 0.702. The molecule has 1 fully saturated rings. The van der Waals surface area contributed by atoms with Gasteiger partial charge >= 0.3 is 0 Å². The van der Waals surface area contributed by atoms with Gasteiger partial charge in [-0.05, 0) is 41.9 Å². The number of hydrogen-bond donors (Lipinski definition) is 2. The molecule has 1 saturated heterocycles. The Hall–Kier alpha value is -2.96. The smallest absolute Gasteiger partial charge is 0.251 e. The minimum absolute atomic E-state index is 0.0419. The van der Waals surface area contributed by atoms with Gasteiger partial charge in [0.05, 0.1) is 12.4 Å². The van der Waals surface area contributed by atoms with E-state index >= 15 is 0 Å². The minimum atomic E-state index is -0.0419. The molecule has 0 saturated carbocycles. The molecule has 0 radical (unpaired) electrons. The molecule has 3 N–H and O–H groups in total. The van der Waals surface area contributed by atoms with Crippen LogP contribution in [0.3, 0.4) is 0 Å². The summed E-state index contributed by atoms with van der Waals surface area (Å²) in [5, 5.41) is 3.23. The zero-order valence-electron chi connectivity index (χ0n) is 16.9. The number of likely N-dealkylation sites (N-methyl/N-ethyl adjacent to an activating group) is 1. The third kappa shape index (κ3) is 4.09. The van der Waals surface area contributed by atoms with Crippen LogP contribution in [0.4, 0.5) is 0 Å². The van der Waals surface area contributed by atoms with E-state index in [1.165, 1.54) is 0 Å². The predicted molar refractivity (Wildman–Crippen MR) is 114 cm³/mol. The number of carbonyl (C=O) groups excluding carboxylic acids is 1. The summed E-state index contributed by atoms with van der Waals surface area (Å²) < 4.78 is 2.03. The van der Waals surface area contributed by atoms with Gasteiger partial charge in [0.15, 0.2) is 0 Å². The first-order chi connectivity index (χ1) is 14.0. The van der Waals surface area contributed by atoms with Crippen LogP contribution in [0.5, 0.6) is 0 Å². The molecule has 4 rings (SSSR count). The lowest BCUT2D eigenvalue weighted by atomic mass is 9.99. The van der Waals surface area contributed by atoms with Crippen molar-refractivity contribution in [1.82, 2.24) is 19.8 Å². The van der Waals surface area contributed by atoms with Crippen LogP contribution in [0, 0.1) is 0 Å². The van der Waals surface area contributed by atoms with Crippen molar-refractivity contribution >= 4 is 5.91 Å². The first-order valence-electron chi connectivity index (χ1n) is 9.90. The van der Waals surface area contributed by atoms with Gasteiger partial charge in [-0.1, -0.05) is 30.3 Å². The fourth-order valence-corrected chi connectivity index (χ4v) is 4.11. The van der Waals surface area contributed by atoms with Crippen molar-refractivity contribution in [3.8, 4) is 11.1 Å². The van der Waals surface area contributed by atoms with E-state index in [9.17, 15) is 4.79 Å². The van der Waals surface area contributed by atoms with Crippen molar-refractivity contribution < 1.29 is 4.79 Å². The lowest BCUT2D eigenvalue weighted by Crippen LogP contribution is -2.40. The van der Waals surface area contributed by atoms with Crippen molar-refractivity contribution in [1.29, 1.82) is 0 Å². The van der Waals surface area contributed by atoms with E-state index in [0.29, 0.717) is 12.1 Å². The number of benzene rings is 2. The number of amides is 1. The Balaban J connectivity index is 1.49. The molecule has 6 heteroatoms. The Morgan fingerprint density at radius 2 is 1.93 bits per heavy atom. The van der Waals surface area contributed by atoms with Gasteiger partial charge in [0.2, 0.25) is 0 Å². The summed E-state index contributed by atoms with van der Waals surface area (Å²) in [6, 6.07) is 16.0. The molecule has 0 aliphatic carbocycles. The normalized spacial score (nSPS) is 19.4. The molecule has 6 nitrogen and oxygen atoms in total. The molecule has 150 valence electrons. The zero-order chi connectivity index (χ0) is 20.4. The first kappa shape index (κ1) is 19.4. The molecule has 29 heavy (non-hydrogen) atoms. The molecule has 0 spiro atoms. The largest absolute Gasteiger partial charge is 0.347 e. The molecule has 2 heterocycles. The summed E-state index contributed by atoms with van der Waals surface area (Å²) in [5.74, 6) is 0.189. The standard InChI is InChI=1S/C23H27N5O/c1-27-13-20(22-12-25-15-28(22)2)21(14-27)26-23(29)18-8-6-17(7-9-18)19-5-3-4-16(10-19)11-24/h3-10,12,15,20-21H,11,13-14,24H2,1-2H3,(H,26,29)/t20-,21-/m1/s1. The van der Waals surface area contributed by atoms with Gasteiger partial charge in [-0.25, -0.2) is 4.98 Å². The number of nitrogens with zero attached hydrogens (tertiary/aromatic N) is 3. The molecule has 2 aromatic carbocycles. The summed E-state index contributed by atoms with van der Waals surface area (Å²) in [5.41, 5.74) is 10.8. The molecule has 3 aromatic rings. The average molecular weight is 390 g/mol. The lowest BCUT2D eigenvalue weighted by Gasteiger charge is -2.20. The van der Waals surface area contributed by atoms with Crippen molar-refractivity contribution in [3.63, 3.8) is 0 Å². The van der Waals surface area contributed by atoms with Gasteiger partial charge in [-0.15, -0.1) is 0 Å². The van der Waals surface area contributed by atoms with Crippen molar-refractivity contribution in [3.05, 3.63) is 77.9 Å². The number of nitrogens with one attached hydrogen (secondary N) is 1. The van der Waals surface area contributed by atoms with Crippen molar-refractivity contribution in [2.45, 2.75) is 18.5 Å². The maximum absolute atomic E-state index is 12.9. The summed E-state index contributed by atoms with van der Waals surface area (Å²) in [6.45, 7) is 2.24. The molecule has 1 aromatic heterocycles. The number of aryl methyl sites for hydroxylation is 1. The van der Waals surface area contributed by atoms with Crippen LogP contribution in [0.2, 0.25) is 0 Å². The second-order valence-electron chi connectivity index (χ2n) is 7.82. The number of carbonyl (C=O) groups is 1. The SMILES string of the molecule is CN1C[C@@H](NC(=O)c2ccc(-c3cccc(CN)c3)cc2)[C@H](c2cncn2C)C1. The van der Waals surface area contributed by atoms with Crippen LogP contribution >= 0.6 is 0 Å². The fraction of sp³-hybridized carbons (Fsp3) is 0.304. The van der Waals surface area contributed by atoms with Gasteiger partial charge < -0.3 is 20.5 Å². The number of imidazole rings is 1. The monoisotopic (exact) mass is 389 g/mol. The van der Waals surface area contributed by atoms with Crippen molar-refractivity contribution in [2.75, 3.05) is 20.1 Å². The van der Waals surface area contributed by atoms with E-state index in [2.05, 4.69) is 34.4 Å². The average Bonchev–Trinajstić information content (AvgIpc) is 3.32. The highest BCUT2D eigenvalue weighted by molar-refractivity contribution is 5.95. The number of nitrogens with two attached hydrogens (primary N) is 1. The molecular weight excluding hydrogens is 362 g/mol. The number of aromatic nitrogens is 2. The van der Waals surface area contributed by atoms with E-state index in [-0.39, 0.29) is 17.9 Å². The summed E-state index contributed by atoms with van der Waals surface area (Å²) in [6.07, 6.45) is 3.71. The van der Waals surface area contributed by atoms with Gasteiger partial charge in [0, 0.05) is 50.1 Å². The van der Waals surface area contributed by atoms with E-state index in [0.717, 1.165) is 35.5 Å². The molecule has 2 atom stereocenters. The highest BCUT2D eigenvalue weighted by Crippen LogP contribution is 2.27. The van der Waals surface area contributed by atoms with Crippen LogP contribution in [-0.4, -0.2) is 46.5 Å². The Labute approximate surface area is 171 Å². The van der Waals surface area contributed by atoms with Gasteiger partial charge in [0.1, 0.15) is 0 Å². The highest BCUT2D eigenvalue weighted by Gasteiger charge is 2.34. The van der Waals surface area contributed by atoms with Gasteiger partial charge in [-0.2, -0.15) is 0 Å². The van der Waals surface area contributed by atoms with E-state index in [1.54, 1.807) is 0 Å². The molecule has 1 aliphatic rings. The topological polar surface area (TPSA) is 76.2 Å². The molecule has 1 aliphatic heterocycles. The Morgan fingerprint density at radius 3 is 2.62 bits per heavy atom. The highest BCUT2D eigenvalue weighted by atomic mass is 16.1. The Kier molecular flexibility index (Phi) is 5.47. The summed E-state index contributed by atoms with van der Waals surface area (Å²) >= 11 is 0. The third-order valence-electron chi connectivity index (χ3n) is 5.70. The maximum atomic E-state index is 12.9. The third-order valence-corrected chi connectivity index (χ3v) is 5.70. The number of hydrogen-bond acceptors (Lipinski definition) is 4. The Morgan fingerprint density at radius 1 is 1.14 bits per heavy atom. The number of likely N-dealkylation sites (tertiary alicyclic amines) is 1. The lowest BCUT2D eigenvalue weighted by molar-refractivity contribution is 0.0935. The predicted octanol–water partition coefficient (Wildman–Crippen LogP) is 2.37. The molecule has 0 bridgehead atoms. The van der Waals surface area contributed by atoms with Crippen LogP contribution in [0.1, 0.15) is 27.5 Å². The molecule has 1 amide bonds. The van der Waals surface area contributed by atoms with E-state index < -0.39 is 0 Å². The van der Waals surface area contributed by atoms with E-state index in [1.807, 2.05) is 60.5 Å². The van der Waals surface area contributed by atoms with Crippen molar-refractivity contribution in [2.24, 2.45) is 12.8 Å². The molecule has 0 unspecified atom stereocenters. The van der Waals surface area contributed by atoms with Crippen LogP contribution in [-0.2, 0) is 13.6 Å². The summed E-state index contributed by atoms with van der Waals surface area (Å²) in [7, 11) is 4.08. The zero-order valence-corrected chi connectivity index (χ0v) is 16.9. The Bertz CT molecular complexity index is 995. The molecular formula is C23H27N5O. The fourth-order valence-electron chi connectivity index (χ4n) is 4.11. The van der Waals surface area contributed by atoms with Gasteiger partial charge in [-0.3, -0.25) is 4.79 Å². The van der Waals surface area contributed by atoms with Gasteiger partial charge in [0.25, 0.3) is 5.91 Å². The van der Waals surface area contributed by atoms with E-state index in [4.69, 9.17) is 5.73 Å².